The number of carbonyl (C=O) groups excluding carboxylic acids is 1. The lowest BCUT2D eigenvalue weighted by Gasteiger charge is -2.27. The van der Waals surface area contributed by atoms with Gasteiger partial charge in [-0.3, -0.25) is 14.9 Å². The van der Waals surface area contributed by atoms with Crippen molar-refractivity contribution in [1.29, 1.82) is 0 Å². The molecule has 0 radical (unpaired) electrons. The Morgan fingerprint density at radius 2 is 1.85 bits per heavy atom. The van der Waals surface area contributed by atoms with Gasteiger partial charge in [0, 0.05) is 35.1 Å². The maximum absolute atomic E-state index is 13.7. The lowest BCUT2D eigenvalue weighted by atomic mass is 9.95. The molecule has 1 aliphatic rings. The SMILES string of the molecule is Cc1cc(O)c(-c2n[nH]c3c2C(c2cccc(OCc4ccccc4)c2)N(Cc2cccnc2)C3=O)cc1Cl. The van der Waals surface area contributed by atoms with Crippen molar-refractivity contribution >= 4 is 17.5 Å². The van der Waals surface area contributed by atoms with Gasteiger partial charge in [0.15, 0.2) is 0 Å². The molecule has 1 unspecified atom stereocenters. The van der Waals surface area contributed by atoms with Crippen molar-refractivity contribution in [2.75, 3.05) is 0 Å². The van der Waals surface area contributed by atoms with Crippen LogP contribution >= 0.6 is 11.6 Å². The van der Waals surface area contributed by atoms with Gasteiger partial charge in [0.25, 0.3) is 5.91 Å². The number of halogens is 1. The summed E-state index contributed by atoms with van der Waals surface area (Å²) in [5, 5.41) is 18.7. The second-order valence-corrected chi connectivity index (χ2v) is 9.93. The van der Waals surface area contributed by atoms with Gasteiger partial charge in [-0.15, -0.1) is 0 Å². The quantitative estimate of drug-likeness (QED) is 0.249. The summed E-state index contributed by atoms with van der Waals surface area (Å²) in [5.41, 5.74) is 5.56. The first-order valence-electron chi connectivity index (χ1n) is 12.5. The molecule has 194 valence electrons. The topological polar surface area (TPSA) is 91.3 Å². The Morgan fingerprint density at radius 1 is 1.03 bits per heavy atom. The fourth-order valence-electron chi connectivity index (χ4n) is 4.97. The van der Waals surface area contributed by atoms with Crippen LogP contribution in [-0.4, -0.2) is 31.1 Å². The van der Waals surface area contributed by atoms with Gasteiger partial charge in [-0.05, 0) is 59.5 Å². The first-order chi connectivity index (χ1) is 19.0. The normalized spacial score (nSPS) is 14.5. The number of fused-ring (bicyclic) bond motifs is 1. The third-order valence-electron chi connectivity index (χ3n) is 6.89. The number of benzene rings is 3. The summed E-state index contributed by atoms with van der Waals surface area (Å²) in [4.78, 5) is 19.8. The zero-order valence-electron chi connectivity index (χ0n) is 21.1. The minimum absolute atomic E-state index is 0.0445. The molecule has 3 aromatic carbocycles. The minimum Gasteiger partial charge on any atom is -0.507 e. The number of nitrogens with zero attached hydrogens (tertiary/aromatic N) is 3. The highest BCUT2D eigenvalue weighted by molar-refractivity contribution is 6.31. The first-order valence-corrected chi connectivity index (χ1v) is 12.9. The van der Waals surface area contributed by atoms with Crippen molar-refractivity contribution in [2.45, 2.75) is 26.1 Å². The maximum Gasteiger partial charge on any atom is 0.273 e. The van der Waals surface area contributed by atoms with E-state index in [0.717, 1.165) is 22.3 Å². The molecule has 2 N–H and O–H groups in total. The van der Waals surface area contributed by atoms with Gasteiger partial charge >= 0.3 is 0 Å². The summed E-state index contributed by atoms with van der Waals surface area (Å²) in [6.45, 7) is 2.59. The van der Waals surface area contributed by atoms with E-state index in [2.05, 4.69) is 15.2 Å². The number of phenolic OH excluding ortho intramolecular Hbond substituents is 1. The van der Waals surface area contributed by atoms with Gasteiger partial charge in [0.1, 0.15) is 29.5 Å². The average molecular weight is 537 g/mol. The van der Waals surface area contributed by atoms with Gasteiger partial charge in [0.05, 0.1) is 6.04 Å². The number of aromatic nitrogens is 3. The largest absolute Gasteiger partial charge is 0.507 e. The van der Waals surface area contributed by atoms with E-state index >= 15 is 0 Å². The lowest BCUT2D eigenvalue weighted by molar-refractivity contribution is 0.0729. The molecule has 2 aromatic heterocycles. The molecule has 1 amide bonds. The van der Waals surface area contributed by atoms with Gasteiger partial charge < -0.3 is 14.7 Å². The zero-order valence-corrected chi connectivity index (χ0v) is 21.9. The van der Waals surface area contributed by atoms with E-state index in [1.54, 1.807) is 29.4 Å². The standard InChI is InChI=1S/C31H25ClN4O3/c1-19-13-26(37)24(15-25(19)32)28-27-29(35-34-28)31(38)36(17-21-9-6-12-33-16-21)30(27)22-10-5-11-23(14-22)39-18-20-7-3-2-4-8-20/h2-16,30,37H,17-18H2,1H3,(H,34,35). The molecule has 7 nitrogen and oxygen atoms in total. The second kappa shape index (κ2) is 10.3. The van der Waals surface area contributed by atoms with Crippen LogP contribution in [0.1, 0.15) is 44.3 Å². The van der Waals surface area contributed by atoms with Crippen molar-refractivity contribution in [1.82, 2.24) is 20.1 Å². The van der Waals surface area contributed by atoms with Crippen molar-refractivity contribution < 1.29 is 14.6 Å². The van der Waals surface area contributed by atoms with Crippen LogP contribution in [0, 0.1) is 6.92 Å². The van der Waals surface area contributed by atoms with E-state index < -0.39 is 6.04 Å². The molecular weight excluding hydrogens is 512 g/mol. The monoisotopic (exact) mass is 536 g/mol. The highest BCUT2D eigenvalue weighted by atomic mass is 35.5. The summed E-state index contributed by atoms with van der Waals surface area (Å²) in [6.07, 6.45) is 3.45. The Bertz CT molecular complexity index is 1650. The highest BCUT2D eigenvalue weighted by Gasteiger charge is 2.42. The van der Waals surface area contributed by atoms with Crippen molar-refractivity contribution in [3.05, 3.63) is 130 Å². The molecule has 8 heteroatoms. The third-order valence-corrected chi connectivity index (χ3v) is 7.30. The summed E-state index contributed by atoms with van der Waals surface area (Å²) in [5.74, 6) is 0.541. The number of amides is 1. The lowest BCUT2D eigenvalue weighted by Crippen LogP contribution is -2.29. The molecule has 1 aliphatic heterocycles. The molecule has 0 spiro atoms. The number of aromatic amines is 1. The zero-order chi connectivity index (χ0) is 26.9. The van der Waals surface area contributed by atoms with E-state index in [1.807, 2.05) is 73.7 Å². The van der Waals surface area contributed by atoms with Crippen LogP contribution in [0.2, 0.25) is 5.02 Å². The van der Waals surface area contributed by atoms with Crippen LogP contribution < -0.4 is 4.74 Å². The van der Waals surface area contributed by atoms with Crippen molar-refractivity contribution in [2.24, 2.45) is 0 Å². The summed E-state index contributed by atoms with van der Waals surface area (Å²) >= 11 is 6.43. The Balaban J connectivity index is 1.44. The minimum atomic E-state index is -0.485. The van der Waals surface area contributed by atoms with Crippen LogP contribution in [0.3, 0.4) is 0 Å². The number of carbonyl (C=O) groups is 1. The number of phenols is 1. The average Bonchev–Trinajstić information content (AvgIpc) is 3.49. The molecule has 39 heavy (non-hydrogen) atoms. The predicted molar refractivity (Wildman–Crippen MR) is 149 cm³/mol. The number of aryl methyl sites for hydroxylation is 1. The number of hydrogen-bond donors (Lipinski definition) is 2. The molecule has 5 aromatic rings. The number of ether oxygens (including phenoxy) is 1. The molecule has 3 heterocycles. The molecule has 0 bridgehead atoms. The number of nitrogens with one attached hydrogen (secondary N) is 1. The van der Waals surface area contributed by atoms with E-state index in [-0.39, 0.29) is 11.7 Å². The Kier molecular flexibility index (Phi) is 6.50. The fraction of sp³-hybridized carbons (Fsp3) is 0.129. The van der Waals surface area contributed by atoms with Crippen LogP contribution in [0.5, 0.6) is 11.5 Å². The number of H-pyrrole nitrogens is 1. The molecule has 0 fully saturated rings. The molecule has 1 atom stereocenters. The molecule has 6 rings (SSSR count). The fourth-order valence-corrected chi connectivity index (χ4v) is 5.13. The Labute approximate surface area is 230 Å². The molecular formula is C31H25ClN4O3. The summed E-state index contributed by atoms with van der Waals surface area (Å²) in [6, 6.07) is 24.3. The third kappa shape index (κ3) is 4.73. The van der Waals surface area contributed by atoms with Crippen molar-refractivity contribution in [3.8, 4) is 22.8 Å². The first kappa shape index (κ1) is 24.7. The second-order valence-electron chi connectivity index (χ2n) is 9.52. The van der Waals surface area contributed by atoms with E-state index in [9.17, 15) is 9.90 Å². The predicted octanol–water partition coefficient (Wildman–Crippen LogP) is 6.46. The van der Waals surface area contributed by atoms with Gasteiger partial charge in [0.2, 0.25) is 0 Å². The number of hydrogen-bond acceptors (Lipinski definition) is 5. The summed E-state index contributed by atoms with van der Waals surface area (Å²) < 4.78 is 6.11. The maximum atomic E-state index is 13.7. The van der Waals surface area contributed by atoms with E-state index in [4.69, 9.17) is 16.3 Å². The Hall–Kier alpha value is -4.62. The summed E-state index contributed by atoms with van der Waals surface area (Å²) in [7, 11) is 0. The molecule has 0 aliphatic carbocycles. The van der Waals surface area contributed by atoms with E-state index in [0.29, 0.717) is 46.4 Å². The Morgan fingerprint density at radius 3 is 2.64 bits per heavy atom. The van der Waals surface area contributed by atoms with Crippen LogP contribution in [0.4, 0.5) is 0 Å². The van der Waals surface area contributed by atoms with Crippen LogP contribution in [0.25, 0.3) is 11.3 Å². The van der Waals surface area contributed by atoms with Gasteiger partial charge in [-0.1, -0.05) is 60.1 Å². The van der Waals surface area contributed by atoms with Crippen molar-refractivity contribution in [3.63, 3.8) is 0 Å². The smallest absolute Gasteiger partial charge is 0.273 e. The molecule has 0 saturated heterocycles. The number of pyridine rings is 1. The number of rotatable bonds is 7. The van der Waals surface area contributed by atoms with Crippen LogP contribution in [0.15, 0.2) is 91.3 Å². The number of aromatic hydroxyl groups is 1. The van der Waals surface area contributed by atoms with Gasteiger partial charge in [-0.2, -0.15) is 5.10 Å². The van der Waals surface area contributed by atoms with Crippen LogP contribution in [-0.2, 0) is 13.2 Å². The molecule has 0 saturated carbocycles. The van der Waals surface area contributed by atoms with Gasteiger partial charge in [-0.25, -0.2) is 0 Å². The van der Waals surface area contributed by atoms with E-state index in [1.165, 1.54) is 0 Å². The highest BCUT2D eigenvalue weighted by Crippen LogP contribution is 2.46.